The molecule has 22 heteroatoms. The maximum absolute atomic E-state index is 12.3. The minimum absolute atomic E-state index is 0.0778. The van der Waals surface area contributed by atoms with Gasteiger partial charge in [0.25, 0.3) is 23.6 Å². The van der Waals surface area contributed by atoms with E-state index in [9.17, 15) is 38.4 Å². The summed E-state index contributed by atoms with van der Waals surface area (Å²) >= 11 is 9.47. The molecule has 0 saturated heterocycles. The van der Waals surface area contributed by atoms with Crippen molar-refractivity contribution in [2.24, 2.45) is 0 Å². The highest BCUT2D eigenvalue weighted by molar-refractivity contribution is 9.10. The largest absolute Gasteiger partial charge is 0.481 e. The molecular weight excluding hydrogens is 1300 g/mol. The molecule has 0 aliphatic carbocycles. The summed E-state index contributed by atoms with van der Waals surface area (Å²) in [4.78, 5) is 105. The van der Waals surface area contributed by atoms with Crippen LogP contribution in [-0.4, -0.2) is 87.9 Å². The monoisotopic (exact) mass is 1370 g/mol. The fraction of sp³-hybridized carbons (Fsp3) is 0.233. The number of nitrogens with one attached hydrogen (secondary N) is 8. The number of anilines is 4. The van der Waals surface area contributed by atoms with E-state index in [0.717, 1.165) is 145 Å². The summed E-state index contributed by atoms with van der Waals surface area (Å²) in [7, 11) is 0. The van der Waals surface area contributed by atoms with E-state index in [1.165, 1.54) is 0 Å². The smallest absolute Gasteiger partial charge is 0.303 e. The van der Waals surface area contributed by atoms with E-state index in [1.807, 2.05) is 141 Å². The molecule has 4 aliphatic heterocycles. The molecule has 4 aromatic heterocycles. The Kier molecular flexibility index (Phi) is 21.2. The highest BCUT2D eigenvalue weighted by Crippen LogP contribution is 2.40. The number of aromatic nitrogens is 4. The normalized spacial score (nSPS) is 14.8. The molecule has 12 N–H and O–H groups in total. The zero-order valence-corrected chi connectivity index (χ0v) is 56.1. The van der Waals surface area contributed by atoms with Gasteiger partial charge in [0, 0.05) is 126 Å². The number of hydrogen-bond acceptors (Lipinski definition) is 8. The Morgan fingerprint density at radius 3 is 1.14 bits per heavy atom. The van der Waals surface area contributed by atoms with Crippen molar-refractivity contribution in [3.63, 3.8) is 0 Å². The number of carbonyl (C=O) groups is 8. The van der Waals surface area contributed by atoms with Gasteiger partial charge in [-0.05, 0) is 211 Å². The van der Waals surface area contributed by atoms with Gasteiger partial charge in [-0.2, -0.15) is 0 Å². The minimum Gasteiger partial charge on any atom is -0.481 e. The van der Waals surface area contributed by atoms with Crippen molar-refractivity contribution in [1.82, 2.24) is 19.9 Å². The molecular formula is C73H72BrClN8O12. The first-order valence-corrected chi connectivity index (χ1v) is 31.8. The Morgan fingerprint density at radius 2 is 0.726 bits per heavy atom. The number of hydrogen-bond donors (Lipinski definition) is 12. The van der Waals surface area contributed by atoms with Crippen LogP contribution in [0.1, 0.15) is 144 Å². The molecule has 0 radical (unpaired) electrons. The number of amides is 4. The summed E-state index contributed by atoms with van der Waals surface area (Å²) in [5.74, 6) is -3.81. The van der Waals surface area contributed by atoms with Crippen LogP contribution in [0.15, 0.2) is 83.3 Å². The number of benzene rings is 4. The van der Waals surface area contributed by atoms with E-state index in [0.29, 0.717) is 53.0 Å². The van der Waals surface area contributed by atoms with E-state index in [2.05, 4.69) is 57.1 Å². The molecule has 0 unspecified atom stereocenters. The first-order valence-electron chi connectivity index (χ1n) is 30.6. The molecule has 95 heavy (non-hydrogen) atoms. The number of aromatic amines is 4. The third kappa shape index (κ3) is 15.6. The van der Waals surface area contributed by atoms with Gasteiger partial charge in [-0.25, -0.2) is 0 Å². The van der Waals surface area contributed by atoms with E-state index in [4.69, 9.17) is 32.0 Å². The van der Waals surface area contributed by atoms with Crippen molar-refractivity contribution < 1.29 is 58.8 Å². The van der Waals surface area contributed by atoms with E-state index < -0.39 is 23.9 Å². The highest BCUT2D eigenvalue weighted by Gasteiger charge is 2.30. The van der Waals surface area contributed by atoms with Crippen molar-refractivity contribution >= 4 is 144 Å². The van der Waals surface area contributed by atoms with Crippen LogP contribution in [0.2, 0.25) is 5.02 Å². The van der Waals surface area contributed by atoms with Crippen LogP contribution < -0.4 is 21.3 Å². The molecule has 490 valence electrons. The number of H-pyrrole nitrogens is 4. The number of carbonyl (C=O) groups excluding carboxylic acids is 4. The second kappa shape index (κ2) is 29.2. The molecule has 8 heterocycles. The quantitative estimate of drug-likeness (QED) is 0.0402. The first-order chi connectivity index (χ1) is 45.1. The average Bonchev–Trinajstić information content (AvgIpc) is 1.66. The van der Waals surface area contributed by atoms with Crippen molar-refractivity contribution in [3.8, 4) is 0 Å². The van der Waals surface area contributed by atoms with E-state index in [1.54, 1.807) is 24.3 Å². The SMILES string of the molecule is Cc1[nH]c(/C=C2\C(=O)Nc3ccc(Br)cc32)c(C)c1CCC(=O)O.Cc1[nH]c(/C=C2\C(=O)Nc3ccc(Cl)cc32)c(C)c1CCC(=O)O.Cc1[nH]c(/C=C2\C(=O)Nc3ccccc32)c(C)c1CCC(=O)O.Cc1cccc2c1/C(=C/c1[nH]c(C)c(CCC(=O)O)c1C)C(=O)N2. The lowest BCUT2D eigenvalue weighted by Crippen LogP contribution is -2.03. The van der Waals surface area contributed by atoms with Crippen LogP contribution in [0.5, 0.6) is 0 Å². The summed E-state index contributed by atoms with van der Waals surface area (Å²) in [6.45, 7) is 17.5. The second-order valence-electron chi connectivity index (χ2n) is 23.6. The number of carboxylic acids is 4. The number of rotatable bonds is 16. The first kappa shape index (κ1) is 68.8. The van der Waals surface area contributed by atoms with Gasteiger partial charge < -0.3 is 61.6 Å². The maximum atomic E-state index is 12.3. The standard InChI is InChI=1S/C19H20N2O3.C18H17BrN2O3.C18H17ClN2O3.C18H18N2O3/c1-10-5-4-6-15-18(10)14(19(24)21-15)9-16-11(2)13(12(3)20-16)7-8-17(22)23;2*1-9-12(4-6-17(22)23)10(2)20-16(9)8-14-13-7-11(19)3-5-15(13)21-18(14)24;1-10-12(7-8-17(21)22)11(2)19-16(10)9-14-13-5-3-4-6-15(13)20-18(14)23/h4-6,9,20H,7-8H2,1-3H3,(H,21,24)(H,22,23);2*3,5,7-8,20H,4,6H2,1-2H3,(H,21,24)(H,22,23);3-6,9,19H,7-8H2,1-2H3,(H,20,23)(H,21,22)/b14-9-;2*14-8-;14-9-. The van der Waals surface area contributed by atoms with Gasteiger partial charge in [-0.15, -0.1) is 0 Å². The van der Waals surface area contributed by atoms with Crippen LogP contribution in [0, 0.1) is 62.3 Å². The number of aliphatic carboxylic acids is 4. The molecule has 12 rings (SSSR count). The van der Waals surface area contributed by atoms with Gasteiger partial charge in [0.2, 0.25) is 0 Å². The number of carboxylic acid groups (broad SMARTS) is 4. The van der Waals surface area contributed by atoms with Gasteiger partial charge in [-0.1, -0.05) is 57.9 Å². The highest BCUT2D eigenvalue weighted by atomic mass is 79.9. The topological polar surface area (TPSA) is 329 Å². The fourth-order valence-electron chi connectivity index (χ4n) is 12.3. The Hall–Kier alpha value is -10.5. The summed E-state index contributed by atoms with van der Waals surface area (Å²) in [5, 5.41) is 47.5. The summed E-state index contributed by atoms with van der Waals surface area (Å²) in [5.41, 5.74) is 25.1. The maximum Gasteiger partial charge on any atom is 0.303 e. The van der Waals surface area contributed by atoms with Gasteiger partial charge in [-0.3, -0.25) is 38.4 Å². The molecule has 4 aromatic carbocycles. The van der Waals surface area contributed by atoms with Crippen molar-refractivity contribution in [2.75, 3.05) is 21.3 Å². The molecule has 4 aliphatic rings. The van der Waals surface area contributed by atoms with Crippen molar-refractivity contribution in [3.05, 3.63) is 206 Å². The number of fused-ring (bicyclic) bond motifs is 4. The lowest BCUT2D eigenvalue weighted by atomic mass is 9.99. The molecule has 0 saturated carbocycles. The number of aryl methyl sites for hydroxylation is 5. The van der Waals surface area contributed by atoms with Crippen LogP contribution in [-0.2, 0) is 64.0 Å². The van der Waals surface area contributed by atoms with Gasteiger partial charge in [0.15, 0.2) is 0 Å². The van der Waals surface area contributed by atoms with Gasteiger partial charge in [0.05, 0.1) is 22.3 Å². The Balaban J connectivity index is 0.000000149. The summed E-state index contributed by atoms with van der Waals surface area (Å²) < 4.78 is 0.908. The predicted molar refractivity (Wildman–Crippen MR) is 374 cm³/mol. The van der Waals surface area contributed by atoms with Gasteiger partial charge in [0.1, 0.15) is 0 Å². The number of halogens is 2. The third-order valence-corrected chi connectivity index (χ3v) is 18.0. The predicted octanol–water partition coefficient (Wildman–Crippen LogP) is 14.3. The molecule has 0 bridgehead atoms. The van der Waals surface area contributed by atoms with Gasteiger partial charge >= 0.3 is 23.9 Å². The lowest BCUT2D eigenvalue weighted by molar-refractivity contribution is -0.138. The second-order valence-corrected chi connectivity index (χ2v) is 25.0. The zero-order chi connectivity index (χ0) is 68.9. The number of para-hydroxylation sites is 1. The van der Waals surface area contributed by atoms with Crippen LogP contribution >= 0.6 is 27.5 Å². The van der Waals surface area contributed by atoms with Crippen molar-refractivity contribution in [2.45, 2.75) is 114 Å². The lowest BCUT2D eigenvalue weighted by Gasteiger charge is -2.03. The molecule has 4 amide bonds. The summed E-state index contributed by atoms with van der Waals surface area (Å²) in [6.07, 6.45) is 9.59. The third-order valence-electron chi connectivity index (χ3n) is 17.3. The Morgan fingerprint density at radius 1 is 0.400 bits per heavy atom. The summed E-state index contributed by atoms with van der Waals surface area (Å²) in [6, 6.07) is 24.3. The molecule has 0 fully saturated rings. The van der Waals surface area contributed by atoms with Crippen LogP contribution in [0.3, 0.4) is 0 Å². The van der Waals surface area contributed by atoms with Crippen molar-refractivity contribution in [1.29, 1.82) is 0 Å². The Bertz CT molecular complexity index is 4480. The van der Waals surface area contributed by atoms with E-state index in [-0.39, 0.29) is 49.3 Å². The average molecular weight is 1370 g/mol. The van der Waals surface area contributed by atoms with Crippen LogP contribution in [0.25, 0.3) is 46.6 Å². The molecule has 0 atom stereocenters. The van der Waals surface area contributed by atoms with E-state index >= 15 is 0 Å². The minimum atomic E-state index is -0.825. The Labute approximate surface area is 561 Å². The van der Waals surface area contributed by atoms with Crippen LogP contribution in [0.4, 0.5) is 22.7 Å². The molecule has 0 spiro atoms. The fourth-order valence-corrected chi connectivity index (χ4v) is 12.8. The molecule has 20 nitrogen and oxygen atoms in total. The zero-order valence-electron chi connectivity index (χ0n) is 53.8. The molecule has 8 aromatic rings.